The van der Waals surface area contributed by atoms with Gasteiger partial charge in [-0.1, -0.05) is 18.2 Å². The molecule has 0 spiro atoms. The molecule has 0 bridgehead atoms. The average molecular weight is 459 g/mol. The lowest BCUT2D eigenvalue weighted by molar-refractivity contribution is 0.146. The van der Waals surface area contributed by atoms with Crippen molar-refractivity contribution in [1.82, 2.24) is 20.1 Å². The molecule has 33 heavy (non-hydrogen) atoms. The van der Waals surface area contributed by atoms with E-state index in [0.717, 1.165) is 43.1 Å². The van der Waals surface area contributed by atoms with Crippen molar-refractivity contribution < 1.29 is 13.2 Å². The van der Waals surface area contributed by atoms with Crippen LogP contribution in [0.1, 0.15) is 49.1 Å². The Morgan fingerprint density at radius 1 is 1.12 bits per heavy atom. The van der Waals surface area contributed by atoms with Crippen molar-refractivity contribution in [2.24, 2.45) is 0 Å². The number of nitrogens with one attached hydrogen (secondary N) is 1. The van der Waals surface area contributed by atoms with E-state index in [4.69, 9.17) is 0 Å². The van der Waals surface area contributed by atoms with Gasteiger partial charge in [0.25, 0.3) is 6.43 Å². The Kier molecular flexibility index (Phi) is 6.69. The summed E-state index contributed by atoms with van der Waals surface area (Å²) in [5, 5.41) is 12.4. The smallest absolute Gasteiger partial charge is 0.266 e. The molecule has 4 rings (SSSR count). The van der Waals surface area contributed by atoms with Crippen LogP contribution in [0.2, 0.25) is 0 Å². The number of pyridine rings is 1. The van der Waals surface area contributed by atoms with E-state index in [1.165, 1.54) is 12.1 Å². The van der Waals surface area contributed by atoms with E-state index >= 15 is 0 Å². The minimum atomic E-state index is -2.87. The molecular weight excluding hydrogens is 429 g/mol. The Morgan fingerprint density at radius 2 is 1.82 bits per heavy atom. The first-order valence-electron chi connectivity index (χ1n) is 11.1. The molecule has 1 fully saturated rings. The van der Waals surface area contributed by atoms with Crippen LogP contribution in [-0.4, -0.2) is 53.3 Å². The highest BCUT2D eigenvalue weighted by molar-refractivity contribution is 5.92. The highest BCUT2D eigenvalue weighted by Gasteiger charge is 2.23. The summed E-state index contributed by atoms with van der Waals surface area (Å²) in [6, 6.07) is 6.05. The van der Waals surface area contributed by atoms with Crippen LogP contribution in [-0.2, 0) is 0 Å². The minimum absolute atomic E-state index is 0.151. The Balaban J connectivity index is 1.64. The van der Waals surface area contributed by atoms with Gasteiger partial charge in [0, 0.05) is 30.1 Å². The van der Waals surface area contributed by atoms with Crippen LogP contribution in [0.25, 0.3) is 10.9 Å². The van der Waals surface area contributed by atoms with E-state index in [-0.39, 0.29) is 5.56 Å². The van der Waals surface area contributed by atoms with Gasteiger partial charge in [-0.2, -0.15) is 5.10 Å². The molecule has 3 aromatic rings. The Labute approximate surface area is 191 Å². The number of hydrogen-bond donors (Lipinski definition) is 1. The Hall–Kier alpha value is -2.94. The minimum Gasteiger partial charge on any atom is -0.370 e. The third-order valence-electron chi connectivity index (χ3n) is 6.44. The fourth-order valence-corrected chi connectivity index (χ4v) is 4.42. The van der Waals surface area contributed by atoms with Gasteiger partial charge in [-0.25, -0.2) is 13.2 Å². The van der Waals surface area contributed by atoms with Gasteiger partial charge < -0.3 is 15.1 Å². The Morgan fingerprint density at radius 3 is 2.48 bits per heavy atom. The van der Waals surface area contributed by atoms with E-state index in [2.05, 4.69) is 44.4 Å². The molecule has 1 saturated heterocycles. The second-order valence-corrected chi connectivity index (χ2v) is 8.82. The van der Waals surface area contributed by atoms with Crippen molar-refractivity contribution in [3.8, 4) is 0 Å². The summed E-state index contributed by atoms with van der Waals surface area (Å²) in [7, 11) is 4.22. The van der Waals surface area contributed by atoms with Crippen molar-refractivity contribution >= 4 is 22.4 Å². The summed E-state index contributed by atoms with van der Waals surface area (Å²) in [4.78, 5) is 9.21. The second-order valence-electron chi connectivity index (χ2n) is 8.82. The molecular formula is C24H29F3N6. The van der Waals surface area contributed by atoms with Gasteiger partial charge in [-0.15, -0.1) is 5.10 Å². The van der Waals surface area contributed by atoms with Gasteiger partial charge in [0.05, 0.1) is 34.7 Å². The summed E-state index contributed by atoms with van der Waals surface area (Å²) in [5.74, 6) is -0.457. The predicted molar refractivity (Wildman–Crippen MR) is 124 cm³/mol. The number of aryl methyl sites for hydroxylation is 1. The van der Waals surface area contributed by atoms with Crippen LogP contribution in [0.3, 0.4) is 0 Å². The lowest BCUT2D eigenvalue weighted by Gasteiger charge is -2.36. The van der Waals surface area contributed by atoms with E-state index in [1.807, 2.05) is 19.2 Å². The SMILES string of the molecule is Cc1nnc(N[C@H](C)c2cccc(C(F)F)c2F)c2cc(N3CCC(N(C)C)CC3)cnc12. The molecule has 176 valence electrons. The molecule has 0 aliphatic carbocycles. The van der Waals surface area contributed by atoms with Gasteiger partial charge >= 0.3 is 0 Å². The number of halogens is 3. The van der Waals surface area contributed by atoms with Crippen LogP contribution in [0.4, 0.5) is 24.7 Å². The fourth-order valence-electron chi connectivity index (χ4n) is 4.42. The summed E-state index contributed by atoms with van der Waals surface area (Å²) in [6.07, 6.45) is 1.12. The highest BCUT2D eigenvalue weighted by atomic mass is 19.3. The number of alkyl halides is 2. The topological polar surface area (TPSA) is 57.2 Å². The van der Waals surface area contributed by atoms with E-state index in [1.54, 1.807) is 6.92 Å². The molecule has 1 N–H and O–H groups in total. The number of aromatic nitrogens is 3. The molecule has 9 heteroatoms. The zero-order valence-electron chi connectivity index (χ0n) is 19.3. The molecule has 6 nitrogen and oxygen atoms in total. The maximum atomic E-state index is 14.7. The molecule has 0 radical (unpaired) electrons. The zero-order chi connectivity index (χ0) is 23.7. The third-order valence-corrected chi connectivity index (χ3v) is 6.44. The molecule has 1 aromatic carbocycles. The van der Waals surface area contributed by atoms with Crippen molar-refractivity contribution in [1.29, 1.82) is 0 Å². The van der Waals surface area contributed by atoms with Crippen LogP contribution in [0, 0.1) is 12.7 Å². The normalized spacial score (nSPS) is 16.1. The molecule has 2 aromatic heterocycles. The number of fused-ring (bicyclic) bond motifs is 1. The van der Waals surface area contributed by atoms with Crippen LogP contribution in [0.15, 0.2) is 30.5 Å². The zero-order valence-corrected chi connectivity index (χ0v) is 19.3. The fraction of sp³-hybridized carbons (Fsp3) is 0.458. The number of nitrogens with zero attached hydrogens (tertiary/aromatic N) is 5. The maximum absolute atomic E-state index is 14.7. The second kappa shape index (κ2) is 9.51. The van der Waals surface area contributed by atoms with Gasteiger partial charge in [-0.3, -0.25) is 4.98 Å². The lowest BCUT2D eigenvalue weighted by atomic mass is 10.0. The van der Waals surface area contributed by atoms with Crippen molar-refractivity contribution in [2.75, 3.05) is 37.4 Å². The van der Waals surface area contributed by atoms with Crippen LogP contribution >= 0.6 is 0 Å². The Bertz CT molecular complexity index is 1130. The van der Waals surface area contributed by atoms with E-state index in [0.29, 0.717) is 23.1 Å². The van der Waals surface area contributed by atoms with Crippen molar-refractivity contribution in [3.63, 3.8) is 0 Å². The largest absolute Gasteiger partial charge is 0.370 e. The molecule has 0 unspecified atom stereocenters. The quantitative estimate of drug-likeness (QED) is 0.554. The van der Waals surface area contributed by atoms with Gasteiger partial charge in [0.15, 0.2) is 5.82 Å². The molecule has 1 aliphatic rings. The summed E-state index contributed by atoms with van der Waals surface area (Å²) in [5.41, 5.74) is 1.93. The van der Waals surface area contributed by atoms with Crippen LogP contribution < -0.4 is 10.2 Å². The third kappa shape index (κ3) is 4.73. The molecule has 3 heterocycles. The van der Waals surface area contributed by atoms with Crippen LogP contribution in [0.5, 0.6) is 0 Å². The average Bonchev–Trinajstić information content (AvgIpc) is 2.80. The van der Waals surface area contributed by atoms with Crippen molar-refractivity contribution in [3.05, 3.63) is 53.1 Å². The molecule has 1 atom stereocenters. The summed E-state index contributed by atoms with van der Waals surface area (Å²) in [6.45, 7) is 5.41. The molecule has 0 saturated carbocycles. The van der Waals surface area contributed by atoms with E-state index < -0.39 is 23.8 Å². The first kappa shape index (κ1) is 23.2. The van der Waals surface area contributed by atoms with Gasteiger partial charge in [0.1, 0.15) is 5.82 Å². The molecule has 1 aliphatic heterocycles. The summed E-state index contributed by atoms with van der Waals surface area (Å²) >= 11 is 0. The van der Waals surface area contributed by atoms with E-state index in [9.17, 15) is 13.2 Å². The highest BCUT2D eigenvalue weighted by Crippen LogP contribution is 2.32. The standard InChI is InChI=1S/C24H29F3N6/c1-14(18-6-5-7-19(21(18)25)23(26)27)29-24-20-12-17(13-28-22(20)15(2)30-31-24)33-10-8-16(9-11-33)32(3)4/h5-7,12-14,16,23H,8-11H2,1-4H3,(H,29,31)/t14-/m1/s1. The number of rotatable bonds is 6. The number of anilines is 2. The van der Waals surface area contributed by atoms with Gasteiger partial charge in [-0.05, 0) is 46.9 Å². The van der Waals surface area contributed by atoms with Crippen molar-refractivity contribution in [2.45, 2.75) is 45.2 Å². The monoisotopic (exact) mass is 458 g/mol. The molecule has 0 amide bonds. The maximum Gasteiger partial charge on any atom is 0.266 e. The lowest BCUT2D eigenvalue weighted by Crippen LogP contribution is -2.42. The first-order valence-corrected chi connectivity index (χ1v) is 11.1. The number of benzene rings is 1. The number of piperidine rings is 1. The summed E-state index contributed by atoms with van der Waals surface area (Å²) < 4.78 is 41.0. The predicted octanol–water partition coefficient (Wildman–Crippen LogP) is 5.11. The van der Waals surface area contributed by atoms with Gasteiger partial charge in [0.2, 0.25) is 0 Å². The number of hydrogen-bond acceptors (Lipinski definition) is 6. The first-order chi connectivity index (χ1) is 15.8.